The van der Waals surface area contributed by atoms with E-state index in [4.69, 9.17) is 10.5 Å². The van der Waals surface area contributed by atoms with E-state index < -0.39 is 0 Å². The fraction of sp³-hybridized carbons (Fsp3) is 0.960. The number of ether oxygens (including phenoxy) is 1. The third-order valence-corrected chi connectivity index (χ3v) is 10.5. The van der Waals surface area contributed by atoms with Crippen LogP contribution in [0.2, 0.25) is 0 Å². The lowest BCUT2D eigenvalue weighted by atomic mass is 9.43. The van der Waals surface area contributed by atoms with E-state index in [1.54, 1.807) is 0 Å². The lowest BCUT2D eigenvalue weighted by Gasteiger charge is -2.63. The van der Waals surface area contributed by atoms with Gasteiger partial charge in [0.15, 0.2) is 0 Å². The predicted molar refractivity (Wildman–Crippen MR) is 115 cm³/mol. The number of rotatable bonds is 4. The number of hydrogen-bond acceptors (Lipinski definition) is 4. The summed E-state index contributed by atoms with van der Waals surface area (Å²) < 4.78 is 4.88. The van der Waals surface area contributed by atoms with Crippen LogP contribution in [0.5, 0.6) is 0 Å². The minimum atomic E-state index is -0.114. The number of aliphatic hydroxyl groups excluding tert-OH is 1. The van der Waals surface area contributed by atoms with Gasteiger partial charge >= 0.3 is 5.97 Å². The average molecular weight is 406 g/mol. The van der Waals surface area contributed by atoms with Crippen molar-refractivity contribution in [2.75, 3.05) is 7.11 Å². The molecule has 4 aliphatic carbocycles. The van der Waals surface area contributed by atoms with Gasteiger partial charge in [0, 0.05) is 12.5 Å². The molecule has 5 unspecified atom stereocenters. The SMILES string of the molecule is COC(=O)CCC(C)C1CCC2C3C(CC[C@]12C)[C@@]1(C)CC[C@@H](O)C[C@H]1C[C@@H]3N. The van der Waals surface area contributed by atoms with Crippen LogP contribution in [-0.4, -0.2) is 30.3 Å². The third kappa shape index (κ3) is 3.46. The van der Waals surface area contributed by atoms with Crippen LogP contribution >= 0.6 is 0 Å². The number of methoxy groups -OCH3 is 1. The molecule has 0 bridgehead atoms. The Morgan fingerprint density at radius 3 is 2.52 bits per heavy atom. The molecule has 4 aliphatic rings. The summed E-state index contributed by atoms with van der Waals surface area (Å²) in [7, 11) is 1.49. The first-order chi connectivity index (χ1) is 13.7. The van der Waals surface area contributed by atoms with Crippen molar-refractivity contribution in [1.82, 2.24) is 0 Å². The highest BCUT2D eigenvalue weighted by Crippen LogP contribution is 2.68. The Balaban J connectivity index is 1.53. The van der Waals surface area contributed by atoms with Gasteiger partial charge in [-0.05, 0) is 104 Å². The molecule has 0 spiro atoms. The predicted octanol–water partition coefficient (Wildman–Crippen LogP) is 4.53. The molecule has 4 fully saturated rings. The Hall–Kier alpha value is -0.610. The zero-order valence-electron chi connectivity index (χ0n) is 19.0. The molecule has 29 heavy (non-hydrogen) atoms. The van der Waals surface area contributed by atoms with Crippen molar-refractivity contribution in [3.05, 3.63) is 0 Å². The summed E-state index contributed by atoms with van der Waals surface area (Å²) in [6.45, 7) is 7.43. The lowest BCUT2D eigenvalue weighted by molar-refractivity contribution is -0.142. The molecule has 0 amide bonds. The molecule has 0 heterocycles. The van der Waals surface area contributed by atoms with Gasteiger partial charge in [-0.2, -0.15) is 0 Å². The van der Waals surface area contributed by atoms with Gasteiger partial charge in [0.05, 0.1) is 13.2 Å². The summed E-state index contributed by atoms with van der Waals surface area (Å²) >= 11 is 0. The first-order valence-electron chi connectivity index (χ1n) is 12.2. The van der Waals surface area contributed by atoms with Crippen molar-refractivity contribution in [1.29, 1.82) is 0 Å². The van der Waals surface area contributed by atoms with Crippen molar-refractivity contribution >= 4 is 5.97 Å². The molecule has 10 atom stereocenters. The molecule has 3 N–H and O–H groups in total. The molecule has 166 valence electrons. The first kappa shape index (κ1) is 21.6. The lowest BCUT2D eigenvalue weighted by Crippen LogP contribution is -2.60. The second-order valence-corrected chi connectivity index (χ2v) is 11.6. The Kier molecular flexibility index (Phi) is 5.83. The van der Waals surface area contributed by atoms with Gasteiger partial charge in [-0.1, -0.05) is 20.8 Å². The van der Waals surface area contributed by atoms with Crippen LogP contribution in [0.15, 0.2) is 0 Å². The molecule has 0 aromatic heterocycles. The monoisotopic (exact) mass is 405 g/mol. The van der Waals surface area contributed by atoms with Crippen molar-refractivity contribution in [2.24, 2.45) is 52.1 Å². The fourth-order valence-electron chi connectivity index (χ4n) is 8.92. The molecule has 4 saturated carbocycles. The van der Waals surface area contributed by atoms with Gasteiger partial charge < -0.3 is 15.6 Å². The normalized spacial score (nSPS) is 50.2. The number of esters is 1. The molecule has 0 aliphatic heterocycles. The Morgan fingerprint density at radius 1 is 1.10 bits per heavy atom. The number of aliphatic hydroxyl groups is 1. The van der Waals surface area contributed by atoms with E-state index in [1.165, 1.54) is 39.2 Å². The Labute approximate surface area is 177 Å². The van der Waals surface area contributed by atoms with Gasteiger partial charge in [0.25, 0.3) is 0 Å². The molecule has 4 heteroatoms. The maximum atomic E-state index is 11.7. The Morgan fingerprint density at radius 2 is 1.79 bits per heavy atom. The van der Waals surface area contributed by atoms with Crippen LogP contribution < -0.4 is 5.73 Å². The van der Waals surface area contributed by atoms with Crippen molar-refractivity contribution < 1.29 is 14.6 Å². The largest absolute Gasteiger partial charge is 0.469 e. The Bertz CT molecular complexity index is 623. The van der Waals surface area contributed by atoms with E-state index in [9.17, 15) is 9.90 Å². The van der Waals surface area contributed by atoms with E-state index >= 15 is 0 Å². The molecule has 0 aromatic carbocycles. The molecular weight excluding hydrogens is 362 g/mol. The van der Waals surface area contributed by atoms with Crippen LogP contribution in [0.25, 0.3) is 0 Å². The summed E-state index contributed by atoms with van der Waals surface area (Å²) in [5, 5.41) is 10.3. The number of carbonyl (C=O) groups is 1. The summed E-state index contributed by atoms with van der Waals surface area (Å²) in [6, 6.07) is 0.289. The van der Waals surface area contributed by atoms with Crippen molar-refractivity contribution in [2.45, 2.75) is 97.1 Å². The second-order valence-electron chi connectivity index (χ2n) is 11.6. The zero-order chi connectivity index (χ0) is 21.0. The molecular formula is C25H43NO3. The highest BCUT2D eigenvalue weighted by molar-refractivity contribution is 5.69. The van der Waals surface area contributed by atoms with Crippen molar-refractivity contribution in [3.63, 3.8) is 0 Å². The topological polar surface area (TPSA) is 72.5 Å². The first-order valence-corrected chi connectivity index (χ1v) is 12.2. The standard InChI is InChI=1S/C25H43NO3/c1-15(5-8-22(28)29-4)18-6-7-19-23-20(10-12-25(18,19)3)24(2)11-9-17(27)13-16(24)14-21(23)26/h15-21,23,27H,5-14,26H2,1-4H3/t15?,16-,17+,18?,19?,20?,21-,23?,24-,25+/m0/s1. The van der Waals surface area contributed by atoms with Gasteiger partial charge in [-0.3, -0.25) is 4.79 Å². The fourth-order valence-corrected chi connectivity index (χ4v) is 8.92. The van der Waals surface area contributed by atoms with E-state index in [-0.39, 0.29) is 18.1 Å². The van der Waals surface area contributed by atoms with Gasteiger partial charge in [-0.15, -0.1) is 0 Å². The maximum Gasteiger partial charge on any atom is 0.305 e. The summed E-state index contributed by atoms with van der Waals surface area (Å²) in [4.78, 5) is 11.7. The molecule has 0 saturated heterocycles. The molecule has 4 rings (SSSR count). The van der Waals surface area contributed by atoms with Crippen LogP contribution in [0, 0.1) is 46.3 Å². The van der Waals surface area contributed by atoms with Crippen LogP contribution in [0.4, 0.5) is 0 Å². The zero-order valence-corrected chi connectivity index (χ0v) is 19.0. The summed E-state index contributed by atoms with van der Waals surface area (Å²) in [6.07, 6.45) is 10.8. The highest BCUT2D eigenvalue weighted by atomic mass is 16.5. The maximum absolute atomic E-state index is 11.7. The van der Waals surface area contributed by atoms with Gasteiger partial charge in [-0.25, -0.2) is 0 Å². The highest BCUT2D eigenvalue weighted by Gasteiger charge is 2.62. The van der Waals surface area contributed by atoms with E-state index in [0.29, 0.717) is 40.9 Å². The average Bonchev–Trinajstić information content (AvgIpc) is 3.04. The van der Waals surface area contributed by atoms with Crippen LogP contribution in [0.3, 0.4) is 0 Å². The van der Waals surface area contributed by atoms with Gasteiger partial charge in [0.2, 0.25) is 0 Å². The van der Waals surface area contributed by atoms with E-state index in [2.05, 4.69) is 20.8 Å². The number of hydrogen-bond donors (Lipinski definition) is 2. The summed E-state index contributed by atoms with van der Waals surface area (Å²) in [5.74, 6) is 3.88. The van der Waals surface area contributed by atoms with Gasteiger partial charge in [0.1, 0.15) is 0 Å². The quantitative estimate of drug-likeness (QED) is 0.674. The van der Waals surface area contributed by atoms with Crippen LogP contribution in [-0.2, 0) is 9.53 Å². The molecule has 0 radical (unpaired) electrons. The molecule has 4 nitrogen and oxygen atoms in total. The summed E-state index contributed by atoms with van der Waals surface area (Å²) in [5.41, 5.74) is 7.65. The number of nitrogens with two attached hydrogens (primary N) is 1. The smallest absolute Gasteiger partial charge is 0.305 e. The van der Waals surface area contributed by atoms with E-state index in [0.717, 1.165) is 37.5 Å². The second kappa shape index (κ2) is 7.82. The van der Waals surface area contributed by atoms with Crippen LogP contribution in [0.1, 0.15) is 85.0 Å². The number of carbonyl (C=O) groups excluding carboxylic acids is 1. The minimum absolute atomic E-state index is 0.0759. The van der Waals surface area contributed by atoms with Crippen molar-refractivity contribution in [3.8, 4) is 0 Å². The number of fused-ring (bicyclic) bond motifs is 5. The minimum Gasteiger partial charge on any atom is -0.469 e. The molecule has 0 aromatic rings. The van der Waals surface area contributed by atoms with E-state index in [1.807, 2.05) is 0 Å². The third-order valence-electron chi connectivity index (χ3n) is 10.5.